The third-order valence-corrected chi connectivity index (χ3v) is 6.94. The van der Waals surface area contributed by atoms with Gasteiger partial charge in [-0.15, -0.1) is 0 Å². The molecule has 1 aliphatic heterocycles. The molecule has 31 heavy (non-hydrogen) atoms. The quantitative estimate of drug-likeness (QED) is 0.496. The number of carbonyl (C=O) groups is 1. The van der Waals surface area contributed by atoms with Gasteiger partial charge in [0.1, 0.15) is 0 Å². The molecule has 0 radical (unpaired) electrons. The molecule has 0 unspecified atom stereocenters. The van der Waals surface area contributed by atoms with Crippen LogP contribution in [0.3, 0.4) is 0 Å². The predicted octanol–water partition coefficient (Wildman–Crippen LogP) is 3.41. The third kappa shape index (κ3) is 4.81. The van der Waals surface area contributed by atoms with Crippen molar-refractivity contribution in [3.8, 4) is 0 Å². The van der Waals surface area contributed by atoms with Crippen LogP contribution >= 0.6 is 11.6 Å². The van der Waals surface area contributed by atoms with Gasteiger partial charge in [0, 0.05) is 43.9 Å². The number of sulfonamides is 1. The van der Waals surface area contributed by atoms with Gasteiger partial charge < -0.3 is 4.90 Å². The average Bonchev–Trinajstić information content (AvgIpc) is 2.72. The van der Waals surface area contributed by atoms with Gasteiger partial charge in [0.15, 0.2) is 0 Å². The van der Waals surface area contributed by atoms with E-state index < -0.39 is 42.5 Å². The Bertz CT molecular complexity index is 1130. The number of hydrogen-bond donors (Lipinski definition) is 0. The van der Waals surface area contributed by atoms with Gasteiger partial charge in [-0.05, 0) is 24.3 Å². The van der Waals surface area contributed by atoms with E-state index >= 15 is 0 Å². The number of halogens is 4. The molecule has 0 spiro atoms. The van der Waals surface area contributed by atoms with Gasteiger partial charge in [-0.2, -0.15) is 17.5 Å². The summed E-state index contributed by atoms with van der Waals surface area (Å²) < 4.78 is 65.7. The van der Waals surface area contributed by atoms with Crippen LogP contribution in [0.4, 0.5) is 18.9 Å². The molecule has 1 fully saturated rings. The zero-order valence-electron chi connectivity index (χ0n) is 15.7. The topological polar surface area (TPSA) is 101 Å². The maximum atomic E-state index is 13.1. The molecular weight excluding hydrogens is 463 g/mol. The van der Waals surface area contributed by atoms with Crippen LogP contribution in [0.1, 0.15) is 15.9 Å². The lowest BCUT2D eigenvalue weighted by atomic mass is 10.1. The summed E-state index contributed by atoms with van der Waals surface area (Å²) in [7, 11) is -4.25. The number of non-ortho nitro benzene ring substituents is 1. The molecule has 1 aliphatic rings. The van der Waals surface area contributed by atoms with Crippen molar-refractivity contribution in [1.29, 1.82) is 0 Å². The predicted molar refractivity (Wildman–Crippen MR) is 104 cm³/mol. The van der Waals surface area contributed by atoms with Crippen LogP contribution in [0.15, 0.2) is 47.4 Å². The highest BCUT2D eigenvalue weighted by Gasteiger charge is 2.36. The minimum atomic E-state index is -4.81. The third-order valence-electron chi connectivity index (χ3n) is 4.71. The summed E-state index contributed by atoms with van der Waals surface area (Å²) in [5.74, 6) is -0.508. The molecule has 13 heteroatoms. The monoisotopic (exact) mass is 477 g/mol. The SMILES string of the molecule is O=C(c1cccc([N+](=O)[O-])c1)N1CCN(S(=O)(=O)c2ccc(Cl)c(C(F)(F)F)c2)CC1. The molecule has 1 amide bonds. The van der Waals surface area contributed by atoms with Crippen LogP contribution in [0, 0.1) is 10.1 Å². The largest absolute Gasteiger partial charge is 0.417 e. The summed E-state index contributed by atoms with van der Waals surface area (Å²) in [5.41, 5.74) is -1.43. The Morgan fingerprint density at radius 1 is 1.06 bits per heavy atom. The summed E-state index contributed by atoms with van der Waals surface area (Å²) in [5, 5.41) is 10.3. The molecule has 0 bridgehead atoms. The minimum absolute atomic E-state index is 0.0273. The van der Waals surface area contributed by atoms with Gasteiger partial charge in [0.05, 0.1) is 20.4 Å². The first-order valence-electron chi connectivity index (χ1n) is 8.82. The number of rotatable bonds is 4. The standard InChI is InChI=1S/C18H15ClF3N3O5S/c19-16-5-4-14(11-15(16)18(20,21)22)31(29,30)24-8-6-23(7-9-24)17(26)12-2-1-3-13(10-12)25(27)28/h1-5,10-11H,6-9H2. The fourth-order valence-corrected chi connectivity index (χ4v) is 4.77. The lowest BCUT2D eigenvalue weighted by Crippen LogP contribution is -2.50. The second-order valence-corrected chi connectivity index (χ2v) is 8.99. The molecule has 0 N–H and O–H groups in total. The van der Waals surface area contributed by atoms with Crippen molar-refractivity contribution in [2.24, 2.45) is 0 Å². The highest BCUT2D eigenvalue weighted by atomic mass is 35.5. The first-order chi connectivity index (χ1) is 14.4. The van der Waals surface area contributed by atoms with Gasteiger partial charge in [-0.25, -0.2) is 8.42 Å². The molecule has 2 aromatic carbocycles. The van der Waals surface area contributed by atoms with Crippen molar-refractivity contribution < 1.29 is 31.3 Å². The van der Waals surface area contributed by atoms with E-state index in [9.17, 15) is 36.5 Å². The number of piperazine rings is 1. The van der Waals surface area contributed by atoms with Crippen molar-refractivity contribution in [3.63, 3.8) is 0 Å². The lowest BCUT2D eigenvalue weighted by Gasteiger charge is -2.34. The number of alkyl halides is 3. The number of hydrogen-bond acceptors (Lipinski definition) is 5. The lowest BCUT2D eigenvalue weighted by molar-refractivity contribution is -0.384. The van der Waals surface area contributed by atoms with E-state index in [1.165, 1.54) is 23.1 Å². The Kier molecular flexibility index (Phi) is 6.25. The van der Waals surface area contributed by atoms with E-state index in [4.69, 9.17) is 11.6 Å². The molecule has 166 valence electrons. The van der Waals surface area contributed by atoms with Crippen LogP contribution in [-0.4, -0.2) is 54.6 Å². The Balaban J connectivity index is 1.75. The summed E-state index contributed by atoms with van der Waals surface area (Å²) >= 11 is 5.54. The second kappa shape index (κ2) is 8.44. The highest BCUT2D eigenvalue weighted by Crippen LogP contribution is 2.36. The van der Waals surface area contributed by atoms with E-state index in [0.717, 1.165) is 22.5 Å². The van der Waals surface area contributed by atoms with Gasteiger partial charge in [0.25, 0.3) is 11.6 Å². The van der Waals surface area contributed by atoms with Gasteiger partial charge in [-0.1, -0.05) is 17.7 Å². The summed E-state index contributed by atoms with van der Waals surface area (Å²) in [6, 6.07) is 7.49. The Morgan fingerprint density at radius 2 is 1.71 bits per heavy atom. The Hall–Kier alpha value is -2.70. The molecule has 0 atom stereocenters. The van der Waals surface area contributed by atoms with Crippen molar-refractivity contribution in [2.75, 3.05) is 26.2 Å². The van der Waals surface area contributed by atoms with Crippen LogP contribution in [0.5, 0.6) is 0 Å². The second-order valence-electron chi connectivity index (χ2n) is 6.64. The normalized spacial score (nSPS) is 15.7. The van der Waals surface area contributed by atoms with Gasteiger partial charge >= 0.3 is 6.18 Å². The molecule has 2 aromatic rings. The zero-order valence-corrected chi connectivity index (χ0v) is 17.2. The Morgan fingerprint density at radius 3 is 2.29 bits per heavy atom. The van der Waals surface area contributed by atoms with Gasteiger partial charge in [0.2, 0.25) is 10.0 Å². The molecule has 0 aliphatic carbocycles. The van der Waals surface area contributed by atoms with Crippen molar-refractivity contribution in [3.05, 3.63) is 68.7 Å². The fraction of sp³-hybridized carbons (Fsp3) is 0.278. The maximum Gasteiger partial charge on any atom is 0.417 e. The molecular formula is C18H15ClF3N3O5S. The zero-order chi connectivity index (χ0) is 23.0. The molecule has 0 aromatic heterocycles. The van der Waals surface area contributed by atoms with Crippen LogP contribution in [0.2, 0.25) is 5.02 Å². The molecule has 3 rings (SSSR count). The van der Waals surface area contributed by atoms with Crippen molar-refractivity contribution in [1.82, 2.24) is 9.21 Å². The van der Waals surface area contributed by atoms with E-state index in [1.807, 2.05) is 0 Å². The van der Waals surface area contributed by atoms with Crippen LogP contribution < -0.4 is 0 Å². The van der Waals surface area contributed by atoms with E-state index in [2.05, 4.69) is 0 Å². The average molecular weight is 478 g/mol. The minimum Gasteiger partial charge on any atom is -0.336 e. The van der Waals surface area contributed by atoms with Crippen LogP contribution in [-0.2, 0) is 16.2 Å². The van der Waals surface area contributed by atoms with Crippen LogP contribution in [0.25, 0.3) is 0 Å². The number of benzene rings is 2. The highest BCUT2D eigenvalue weighted by molar-refractivity contribution is 7.89. The van der Waals surface area contributed by atoms with Crippen molar-refractivity contribution in [2.45, 2.75) is 11.1 Å². The van der Waals surface area contributed by atoms with Crippen molar-refractivity contribution >= 4 is 33.2 Å². The Labute approximate surface area is 180 Å². The molecule has 1 saturated heterocycles. The number of nitro groups is 1. The summed E-state index contributed by atoms with van der Waals surface area (Å²) in [6.07, 6.45) is -4.81. The number of nitro benzene ring substituents is 1. The van der Waals surface area contributed by atoms with E-state index in [1.54, 1.807) is 0 Å². The van der Waals surface area contributed by atoms with Gasteiger partial charge in [-0.3, -0.25) is 14.9 Å². The molecule has 0 saturated carbocycles. The smallest absolute Gasteiger partial charge is 0.336 e. The van der Waals surface area contributed by atoms with E-state index in [0.29, 0.717) is 6.07 Å². The number of nitrogens with zero attached hydrogens (tertiary/aromatic N) is 3. The molecule has 8 nitrogen and oxygen atoms in total. The summed E-state index contributed by atoms with van der Waals surface area (Å²) in [4.78, 5) is 23.6. The number of amides is 1. The fourth-order valence-electron chi connectivity index (χ4n) is 3.10. The number of carbonyl (C=O) groups excluding carboxylic acids is 1. The maximum absolute atomic E-state index is 13.1. The molecule has 1 heterocycles. The van der Waals surface area contributed by atoms with E-state index in [-0.39, 0.29) is 37.4 Å². The first kappa shape index (κ1) is 23.0. The summed E-state index contributed by atoms with van der Waals surface area (Å²) in [6.45, 7) is -0.346. The first-order valence-corrected chi connectivity index (χ1v) is 10.6.